The summed E-state index contributed by atoms with van der Waals surface area (Å²) in [6.07, 6.45) is 0.826. The Kier molecular flexibility index (Phi) is 7.39. The van der Waals surface area contributed by atoms with Crippen molar-refractivity contribution in [3.05, 3.63) is 65.5 Å². The molecule has 0 spiro atoms. The first-order valence-corrected chi connectivity index (χ1v) is 8.93. The third-order valence-electron chi connectivity index (χ3n) is 3.15. The quantitative estimate of drug-likeness (QED) is 0.544. The van der Waals surface area contributed by atoms with Gasteiger partial charge in [0, 0.05) is 18.4 Å². The standard InChI is InChI=1S/C17H17F3N2S2/c18-13-6-7-16(15(20)10-13)22-17(23)21-8-3-9-24-11-12-4-1-2-5-14(12)19/h1-2,4-7,10H,3,8-9,11H2,(H2,21,22,23). The first kappa shape index (κ1) is 18.6. The van der Waals surface area contributed by atoms with Crippen LogP contribution in [0.15, 0.2) is 42.5 Å². The molecule has 2 aromatic carbocycles. The number of anilines is 1. The van der Waals surface area contributed by atoms with Crippen molar-refractivity contribution in [1.82, 2.24) is 5.32 Å². The van der Waals surface area contributed by atoms with Crippen LogP contribution in [-0.2, 0) is 5.75 Å². The molecule has 7 heteroatoms. The number of nitrogens with one attached hydrogen (secondary N) is 2. The molecule has 0 amide bonds. The number of thiocarbonyl (C=S) groups is 1. The zero-order valence-corrected chi connectivity index (χ0v) is 14.5. The van der Waals surface area contributed by atoms with Crippen LogP contribution in [0.3, 0.4) is 0 Å². The van der Waals surface area contributed by atoms with Crippen LogP contribution in [0.1, 0.15) is 12.0 Å². The summed E-state index contributed by atoms with van der Waals surface area (Å²) in [7, 11) is 0. The minimum Gasteiger partial charge on any atom is -0.362 e. The average molecular weight is 370 g/mol. The molecule has 2 N–H and O–H groups in total. The molecule has 0 saturated carbocycles. The van der Waals surface area contributed by atoms with Crippen molar-refractivity contribution in [2.45, 2.75) is 12.2 Å². The first-order valence-electron chi connectivity index (χ1n) is 7.37. The largest absolute Gasteiger partial charge is 0.362 e. The lowest BCUT2D eigenvalue weighted by Gasteiger charge is -2.11. The Morgan fingerprint density at radius 1 is 1.04 bits per heavy atom. The van der Waals surface area contributed by atoms with E-state index < -0.39 is 11.6 Å². The predicted molar refractivity (Wildman–Crippen MR) is 97.8 cm³/mol. The third-order valence-corrected chi connectivity index (χ3v) is 4.48. The van der Waals surface area contributed by atoms with Gasteiger partial charge in [-0.2, -0.15) is 11.8 Å². The van der Waals surface area contributed by atoms with Crippen molar-refractivity contribution >= 4 is 34.8 Å². The van der Waals surface area contributed by atoms with Gasteiger partial charge in [-0.15, -0.1) is 0 Å². The van der Waals surface area contributed by atoms with Gasteiger partial charge >= 0.3 is 0 Å². The van der Waals surface area contributed by atoms with Gasteiger partial charge in [0.1, 0.15) is 17.5 Å². The highest BCUT2D eigenvalue weighted by atomic mass is 32.2. The molecule has 0 aliphatic heterocycles. The van der Waals surface area contributed by atoms with E-state index in [0.29, 0.717) is 17.9 Å². The Morgan fingerprint density at radius 3 is 2.58 bits per heavy atom. The SMILES string of the molecule is Fc1ccc(NC(=S)NCCCSCc2ccccc2F)c(F)c1. The van der Waals surface area contributed by atoms with Gasteiger partial charge in [-0.1, -0.05) is 18.2 Å². The third kappa shape index (κ3) is 6.05. The average Bonchev–Trinajstić information content (AvgIpc) is 2.55. The number of thioether (sulfide) groups is 1. The molecule has 128 valence electrons. The molecule has 0 saturated heterocycles. The lowest BCUT2D eigenvalue weighted by molar-refractivity contribution is 0.586. The highest BCUT2D eigenvalue weighted by Crippen LogP contribution is 2.16. The summed E-state index contributed by atoms with van der Waals surface area (Å²) in [4.78, 5) is 0. The molecule has 0 atom stereocenters. The Balaban J connectivity index is 1.62. The van der Waals surface area contributed by atoms with Crippen molar-refractivity contribution < 1.29 is 13.2 Å². The zero-order chi connectivity index (χ0) is 17.4. The van der Waals surface area contributed by atoms with E-state index in [1.807, 2.05) is 6.07 Å². The van der Waals surface area contributed by atoms with E-state index in [-0.39, 0.29) is 16.6 Å². The van der Waals surface area contributed by atoms with E-state index in [0.717, 1.165) is 24.3 Å². The summed E-state index contributed by atoms with van der Waals surface area (Å²) in [5.41, 5.74) is 0.822. The van der Waals surface area contributed by atoms with Crippen LogP contribution >= 0.6 is 24.0 Å². The molecule has 0 unspecified atom stereocenters. The molecule has 2 rings (SSSR count). The number of hydrogen-bond donors (Lipinski definition) is 2. The topological polar surface area (TPSA) is 24.1 Å². The Morgan fingerprint density at radius 2 is 1.83 bits per heavy atom. The molecule has 0 fully saturated rings. The van der Waals surface area contributed by atoms with Gasteiger partial charge in [0.2, 0.25) is 0 Å². The molecule has 0 aromatic heterocycles. The fourth-order valence-electron chi connectivity index (χ4n) is 1.93. The normalized spacial score (nSPS) is 10.5. The second kappa shape index (κ2) is 9.54. The fourth-order valence-corrected chi connectivity index (χ4v) is 3.09. The molecular formula is C17H17F3N2S2. The van der Waals surface area contributed by atoms with E-state index in [1.54, 1.807) is 23.9 Å². The number of hydrogen-bond acceptors (Lipinski definition) is 2. The minimum atomic E-state index is -0.695. The van der Waals surface area contributed by atoms with E-state index in [1.165, 1.54) is 12.1 Å². The Labute approximate surface area is 148 Å². The molecule has 2 aromatic rings. The number of rotatable bonds is 7. The second-order valence-electron chi connectivity index (χ2n) is 5.00. The van der Waals surface area contributed by atoms with Crippen LogP contribution in [0.25, 0.3) is 0 Å². The minimum absolute atomic E-state index is 0.128. The van der Waals surface area contributed by atoms with Crippen LogP contribution in [-0.4, -0.2) is 17.4 Å². The van der Waals surface area contributed by atoms with E-state index in [4.69, 9.17) is 12.2 Å². The van der Waals surface area contributed by atoms with Gasteiger partial charge in [-0.25, -0.2) is 13.2 Å². The first-order chi connectivity index (χ1) is 11.6. The van der Waals surface area contributed by atoms with Gasteiger partial charge in [0.25, 0.3) is 0 Å². The van der Waals surface area contributed by atoms with Crippen molar-refractivity contribution in [2.75, 3.05) is 17.6 Å². The van der Waals surface area contributed by atoms with Crippen LogP contribution in [0.5, 0.6) is 0 Å². The zero-order valence-electron chi connectivity index (χ0n) is 12.8. The van der Waals surface area contributed by atoms with Gasteiger partial charge in [-0.05, 0) is 48.2 Å². The summed E-state index contributed by atoms with van der Waals surface area (Å²) in [6, 6.07) is 9.97. The molecule has 0 radical (unpaired) electrons. The van der Waals surface area contributed by atoms with Gasteiger partial charge in [0.15, 0.2) is 5.11 Å². The van der Waals surface area contributed by atoms with Crippen LogP contribution in [0.4, 0.5) is 18.9 Å². The van der Waals surface area contributed by atoms with E-state index >= 15 is 0 Å². The summed E-state index contributed by atoms with van der Waals surface area (Å²) in [6.45, 7) is 0.610. The van der Waals surface area contributed by atoms with Crippen molar-refractivity contribution in [2.24, 2.45) is 0 Å². The highest BCUT2D eigenvalue weighted by molar-refractivity contribution is 7.98. The molecular weight excluding hydrogens is 353 g/mol. The summed E-state index contributed by atoms with van der Waals surface area (Å²) in [5.74, 6) is -0.0522. The molecule has 2 nitrogen and oxygen atoms in total. The number of halogens is 3. The Bertz CT molecular complexity index is 695. The maximum atomic E-state index is 13.5. The molecule has 0 aliphatic carbocycles. The van der Waals surface area contributed by atoms with Crippen molar-refractivity contribution in [3.63, 3.8) is 0 Å². The highest BCUT2D eigenvalue weighted by Gasteiger charge is 2.05. The van der Waals surface area contributed by atoms with Gasteiger partial charge in [0.05, 0.1) is 5.69 Å². The summed E-state index contributed by atoms with van der Waals surface area (Å²) < 4.78 is 39.7. The summed E-state index contributed by atoms with van der Waals surface area (Å²) in [5, 5.41) is 5.92. The van der Waals surface area contributed by atoms with Gasteiger partial charge < -0.3 is 10.6 Å². The summed E-state index contributed by atoms with van der Waals surface area (Å²) >= 11 is 6.70. The van der Waals surface area contributed by atoms with Crippen molar-refractivity contribution in [1.29, 1.82) is 0 Å². The molecule has 0 aliphatic rings. The lowest BCUT2D eigenvalue weighted by atomic mass is 10.2. The van der Waals surface area contributed by atoms with Gasteiger partial charge in [-0.3, -0.25) is 0 Å². The number of benzene rings is 2. The van der Waals surface area contributed by atoms with E-state index in [2.05, 4.69) is 10.6 Å². The molecule has 0 heterocycles. The van der Waals surface area contributed by atoms with E-state index in [9.17, 15) is 13.2 Å². The molecule has 24 heavy (non-hydrogen) atoms. The second-order valence-corrected chi connectivity index (χ2v) is 6.52. The van der Waals surface area contributed by atoms with Crippen LogP contribution < -0.4 is 10.6 Å². The van der Waals surface area contributed by atoms with Crippen LogP contribution in [0.2, 0.25) is 0 Å². The predicted octanol–water partition coefficient (Wildman–Crippen LogP) is 4.71. The molecule has 0 bridgehead atoms. The van der Waals surface area contributed by atoms with Crippen molar-refractivity contribution in [3.8, 4) is 0 Å². The lowest BCUT2D eigenvalue weighted by Crippen LogP contribution is -2.29. The maximum absolute atomic E-state index is 13.5. The maximum Gasteiger partial charge on any atom is 0.170 e. The fraction of sp³-hybridized carbons (Fsp3) is 0.235. The van der Waals surface area contributed by atoms with Crippen LogP contribution in [0, 0.1) is 17.5 Å². The Hall–Kier alpha value is -1.73. The monoisotopic (exact) mass is 370 g/mol. The smallest absolute Gasteiger partial charge is 0.170 e.